The molecule has 2 heterocycles. The molecule has 0 N–H and O–H groups in total. The second-order valence-electron chi connectivity index (χ2n) is 5.81. The molecule has 1 aromatic carbocycles. The SMILES string of the molecule is COC(=O)c1cccc(S(=O)(=O)N2CCCCC2C2OCCO2)c1. The summed E-state index contributed by atoms with van der Waals surface area (Å²) >= 11 is 0. The molecule has 0 aromatic heterocycles. The van der Waals surface area contributed by atoms with Gasteiger partial charge in [-0.3, -0.25) is 0 Å². The van der Waals surface area contributed by atoms with Crippen LogP contribution in [0.1, 0.15) is 29.6 Å². The smallest absolute Gasteiger partial charge is 0.337 e. The molecule has 0 radical (unpaired) electrons. The van der Waals surface area contributed by atoms with Crippen LogP contribution in [0, 0.1) is 0 Å². The van der Waals surface area contributed by atoms with Crippen molar-refractivity contribution in [1.29, 1.82) is 0 Å². The number of nitrogens with zero attached hydrogens (tertiary/aromatic N) is 1. The first-order chi connectivity index (χ1) is 11.5. The van der Waals surface area contributed by atoms with Gasteiger partial charge in [-0.25, -0.2) is 13.2 Å². The van der Waals surface area contributed by atoms with E-state index in [1.54, 1.807) is 6.07 Å². The molecule has 8 heteroatoms. The van der Waals surface area contributed by atoms with Crippen molar-refractivity contribution in [3.63, 3.8) is 0 Å². The molecular weight excluding hydrogens is 334 g/mol. The average molecular weight is 355 g/mol. The van der Waals surface area contributed by atoms with E-state index >= 15 is 0 Å². The predicted molar refractivity (Wildman–Crippen MR) is 85.0 cm³/mol. The van der Waals surface area contributed by atoms with E-state index in [0.29, 0.717) is 26.2 Å². The summed E-state index contributed by atoms with van der Waals surface area (Å²) in [6, 6.07) is 5.57. The summed E-state index contributed by atoms with van der Waals surface area (Å²) in [4.78, 5) is 11.8. The summed E-state index contributed by atoms with van der Waals surface area (Å²) in [6.07, 6.45) is 1.89. The number of hydrogen-bond acceptors (Lipinski definition) is 6. The number of hydrogen-bond donors (Lipinski definition) is 0. The van der Waals surface area contributed by atoms with Crippen LogP contribution in [-0.4, -0.2) is 57.9 Å². The van der Waals surface area contributed by atoms with Gasteiger partial charge in [0.2, 0.25) is 10.0 Å². The van der Waals surface area contributed by atoms with Crippen molar-refractivity contribution in [2.75, 3.05) is 26.9 Å². The van der Waals surface area contributed by atoms with E-state index in [4.69, 9.17) is 9.47 Å². The minimum absolute atomic E-state index is 0.0790. The molecular formula is C16H21NO6S. The van der Waals surface area contributed by atoms with Crippen LogP contribution in [0.4, 0.5) is 0 Å². The summed E-state index contributed by atoms with van der Waals surface area (Å²) in [5.74, 6) is -0.565. The molecule has 0 amide bonds. The van der Waals surface area contributed by atoms with Crippen LogP contribution >= 0.6 is 0 Å². The first-order valence-electron chi connectivity index (χ1n) is 7.97. The minimum atomic E-state index is -3.75. The molecule has 0 spiro atoms. The summed E-state index contributed by atoms with van der Waals surface area (Å²) in [6.45, 7) is 1.37. The Labute approximate surface area is 141 Å². The van der Waals surface area contributed by atoms with Crippen LogP contribution in [-0.2, 0) is 24.2 Å². The van der Waals surface area contributed by atoms with Crippen molar-refractivity contribution in [1.82, 2.24) is 4.31 Å². The summed E-state index contributed by atoms with van der Waals surface area (Å²) in [5.41, 5.74) is 0.209. The van der Waals surface area contributed by atoms with E-state index < -0.39 is 22.3 Å². The van der Waals surface area contributed by atoms with Gasteiger partial charge in [-0.1, -0.05) is 12.5 Å². The molecule has 24 heavy (non-hydrogen) atoms. The van der Waals surface area contributed by atoms with E-state index in [1.807, 2.05) is 0 Å². The van der Waals surface area contributed by atoms with Crippen LogP contribution < -0.4 is 0 Å². The summed E-state index contributed by atoms with van der Waals surface area (Å²) < 4.78 is 43.3. The van der Waals surface area contributed by atoms with Crippen LogP contribution in [0.5, 0.6) is 0 Å². The maximum absolute atomic E-state index is 13.1. The first kappa shape index (κ1) is 17.3. The first-order valence-corrected chi connectivity index (χ1v) is 9.41. The van der Waals surface area contributed by atoms with Gasteiger partial charge in [-0.2, -0.15) is 4.31 Å². The van der Waals surface area contributed by atoms with Gasteiger partial charge in [-0.05, 0) is 31.0 Å². The third-order valence-corrected chi connectivity index (χ3v) is 6.24. The summed E-state index contributed by atoms with van der Waals surface area (Å²) in [5, 5.41) is 0. The standard InChI is InChI=1S/C16H21NO6S/c1-21-15(18)12-5-4-6-13(11-12)24(19,20)17-8-3-2-7-14(17)16-22-9-10-23-16/h4-6,11,14,16H,2-3,7-10H2,1H3. The topological polar surface area (TPSA) is 82.1 Å². The van der Waals surface area contributed by atoms with Gasteiger partial charge in [0.05, 0.1) is 36.8 Å². The third-order valence-electron chi connectivity index (χ3n) is 4.32. The lowest BCUT2D eigenvalue weighted by atomic mass is 10.0. The fraction of sp³-hybridized carbons (Fsp3) is 0.562. The zero-order chi connectivity index (χ0) is 17.2. The van der Waals surface area contributed by atoms with Gasteiger partial charge in [0, 0.05) is 6.54 Å². The van der Waals surface area contributed by atoms with Crippen molar-refractivity contribution in [3.8, 4) is 0 Å². The maximum Gasteiger partial charge on any atom is 0.337 e. The lowest BCUT2D eigenvalue weighted by molar-refractivity contribution is -0.0913. The highest BCUT2D eigenvalue weighted by atomic mass is 32.2. The lowest BCUT2D eigenvalue weighted by Crippen LogP contribution is -2.50. The highest BCUT2D eigenvalue weighted by Gasteiger charge is 2.40. The molecule has 3 rings (SSSR count). The number of carbonyl (C=O) groups is 1. The van der Waals surface area contributed by atoms with Crippen LogP contribution in [0.3, 0.4) is 0 Å². The molecule has 2 saturated heterocycles. The van der Waals surface area contributed by atoms with E-state index in [1.165, 1.54) is 29.6 Å². The number of esters is 1. The van der Waals surface area contributed by atoms with E-state index in [0.717, 1.165) is 12.8 Å². The Morgan fingerprint density at radius 2 is 2.00 bits per heavy atom. The van der Waals surface area contributed by atoms with Crippen LogP contribution in [0.25, 0.3) is 0 Å². The second-order valence-corrected chi connectivity index (χ2v) is 7.70. The normalized spacial score (nSPS) is 23.3. The number of ether oxygens (including phenoxy) is 3. The number of benzene rings is 1. The van der Waals surface area contributed by atoms with Crippen LogP contribution in [0.2, 0.25) is 0 Å². The zero-order valence-electron chi connectivity index (χ0n) is 13.5. The second kappa shape index (κ2) is 7.18. The van der Waals surface area contributed by atoms with Crippen molar-refractivity contribution >= 4 is 16.0 Å². The molecule has 0 aliphatic carbocycles. The van der Waals surface area contributed by atoms with Gasteiger partial charge in [0.1, 0.15) is 0 Å². The van der Waals surface area contributed by atoms with Gasteiger partial charge in [0.15, 0.2) is 6.29 Å². The van der Waals surface area contributed by atoms with Crippen molar-refractivity contribution in [2.45, 2.75) is 36.5 Å². The Hall–Kier alpha value is -1.48. The Bertz CT molecular complexity index is 698. The van der Waals surface area contributed by atoms with E-state index in [-0.39, 0.29) is 16.5 Å². The Morgan fingerprint density at radius 1 is 1.25 bits per heavy atom. The van der Waals surface area contributed by atoms with Gasteiger partial charge < -0.3 is 14.2 Å². The van der Waals surface area contributed by atoms with Gasteiger partial charge in [0.25, 0.3) is 0 Å². The van der Waals surface area contributed by atoms with Crippen molar-refractivity contribution in [2.24, 2.45) is 0 Å². The molecule has 2 aliphatic heterocycles. The minimum Gasteiger partial charge on any atom is -0.465 e. The molecule has 1 atom stereocenters. The molecule has 2 aliphatic rings. The Balaban J connectivity index is 1.91. The molecule has 1 aromatic rings. The number of methoxy groups -OCH3 is 1. The van der Waals surface area contributed by atoms with E-state index in [2.05, 4.69) is 4.74 Å². The number of piperidine rings is 1. The number of carbonyl (C=O) groups excluding carboxylic acids is 1. The number of rotatable bonds is 4. The molecule has 7 nitrogen and oxygen atoms in total. The largest absolute Gasteiger partial charge is 0.465 e. The fourth-order valence-electron chi connectivity index (χ4n) is 3.14. The highest BCUT2D eigenvalue weighted by Crippen LogP contribution is 2.30. The van der Waals surface area contributed by atoms with E-state index in [9.17, 15) is 13.2 Å². The van der Waals surface area contributed by atoms with Crippen molar-refractivity contribution < 1.29 is 27.4 Å². The average Bonchev–Trinajstić information content (AvgIpc) is 3.15. The maximum atomic E-state index is 13.1. The fourth-order valence-corrected chi connectivity index (χ4v) is 4.86. The molecule has 1 unspecified atom stereocenters. The van der Waals surface area contributed by atoms with Crippen LogP contribution in [0.15, 0.2) is 29.2 Å². The molecule has 0 saturated carbocycles. The monoisotopic (exact) mass is 355 g/mol. The molecule has 2 fully saturated rings. The quantitative estimate of drug-likeness (QED) is 0.759. The molecule has 132 valence electrons. The number of sulfonamides is 1. The summed E-state index contributed by atoms with van der Waals surface area (Å²) in [7, 11) is -2.48. The van der Waals surface area contributed by atoms with Crippen molar-refractivity contribution in [3.05, 3.63) is 29.8 Å². The zero-order valence-corrected chi connectivity index (χ0v) is 14.3. The lowest BCUT2D eigenvalue weighted by Gasteiger charge is -2.36. The predicted octanol–water partition coefficient (Wildman–Crippen LogP) is 1.39. The highest BCUT2D eigenvalue weighted by molar-refractivity contribution is 7.89. The molecule has 0 bridgehead atoms. The Kier molecular flexibility index (Phi) is 5.19. The van der Waals surface area contributed by atoms with Gasteiger partial charge >= 0.3 is 5.97 Å². The third kappa shape index (κ3) is 3.32. The Morgan fingerprint density at radius 3 is 2.71 bits per heavy atom. The van der Waals surface area contributed by atoms with Gasteiger partial charge in [-0.15, -0.1) is 0 Å².